The number of likely N-dealkylation sites (tertiary alicyclic amines) is 1. The Morgan fingerprint density at radius 3 is 2.54 bits per heavy atom. The highest BCUT2D eigenvalue weighted by atomic mass is 16.6. The quantitative estimate of drug-likeness (QED) is 0.745. The molecule has 24 heavy (non-hydrogen) atoms. The molecule has 5 nitrogen and oxygen atoms in total. The minimum atomic E-state index is -0.425. The van der Waals surface area contributed by atoms with Crippen LogP contribution >= 0.6 is 0 Å². The highest BCUT2D eigenvalue weighted by Crippen LogP contribution is 2.20. The molecule has 5 heteroatoms. The maximum absolute atomic E-state index is 12.0. The molecule has 0 aliphatic carbocycles. The number of aryl methyl sites for hydroxylation is 1. The number of hydrogen-bond acceptors (Lipinski definition) is 4. The molecule has 2 rings (SSSR count). The lowest BCUT2D eigenvalue weighted by atomic mass is 9.98. The van der Waals surface area contributed by atoms with E-state index in [1.807, 2.05) is 50.2 Å². The fraction of sp³-hybridized carbons (Fsp3) is 0.684. The molecule has 0 spiro atoms. The smallest absolute Gasteiger partial charge is 0.410 e. The van der Waals surface area contributed by atoms with Crippen molar-refractivity contribution in [3.8, 4) is 0 Å². The Kier molecular flexibility index (Phi) is 7.03. The standard InChI is InChI=1S/C19H30N2O3/c1-19(2,3)24-18(22)21-12-8-17(9-13-21)15-23-14-4-5-16-6-10-20-11-7-16/h6-7,10-11,17H,4-5,8-9,12-15H2,1-3H3. The van der Waals surface area contributed by atoms with Crippen LogP contribution in [-0.2, 0) is 15.9 Å². The molecule has 0 bridgehead atoms. The third kappa shape index (κ3) is 6.87. The number of carbonyl (C=O) groups excluding carboxylic acids is 1. The Balaban J connectivity index is 1.56. The van der Waals surface area contributed by atoms with E-state index >= 15 is 0 Å². The van der Waals surface area contributed by atoms with E-state index in [1.54, 1.807) is 0 Å². The first kappa shape index (κ1) is 18.7. The molecule has 2 heterocycles. The first-order valence-electron chi connectivity index (χ1n) is 8.88. The van der Waals surface area contributed by atoms with Crippen LogP contribution in [0.15, 0.2) is 24.5 Å². The van der Waals surface area contributed by atoms with Gasteiger partial charge in [-0.1, -0.05) is 0 Å². The first-order valence-corrected chi connectivity index (χ1v) is 8.88. The van der Waals surface area contributed by atoms with E-state index in [4.69, 9.17) is 9.47 Å². The summed E-state index contributed by atoms with van der Waals surface area (Å²) in [5.74, 6) is 0.546. The zero-order chi connectivity index (χ0) is 17.4. The van der Waals surface area contributed by atoms with Gasteiger partial charge in [0.15, 0.2) is 0 Å². The lowest BCUT2D eigenvalue weighted by Crippen LogP contribution is -2.42. The summed E-state index contributed by atoms with van der Waals surface area (Å²) in [4.78, 5) is 17.9. The zero-order valence-corrected chi connectivity index (χ0v) is 15.2. The van der Waals surface area contributed by atoms with Crippen LogP contribution < -0.4 is 0 Å². The Morgan fingerprint density at radius 1 is 1.25 bits per heavy atom. The van der Waals surface area contributed by atoms with Crippen LogP contribution in [0.5, 0.6) is 0 Å². The molecular weight excluding hydrogens is 304 g/mol. The Morgan fingerprint density at radius 2 is 1.92 bits per heavy atom. The van der Waals surface area contributed by atoms with Crippen molar-refractivity contribution in [3.05, 3.63) is 30.1 Å². The van der Waals surface area contributed by atoms with Gasteiger partial charge < -0.3 is 14.4 Å². The molecule has 1 aliphatic rings. The fourth-order valence-corrected chi connectivity index (χ4v) is 2.79. The Bertz CT molecular complexity index is 491. The number of ether oxygens (including phenoxy) is 2. The number of hydrogen-bond donors (Lipinski definition) is 0. The van der Waals surface area contributed by atoms with Crippen LogP contribution in [0.1, 0.15) is 45.6 Å². The van der Waals surface area contributed by atoms with E-state index < -0.39 is 5.60 Å². The van der Waals surface area contributed by atoms with Crippen LogP contribution in [0.25, 0.3) is 0 Å². The highest BCUT2D eigenvalue weighted by Gasteiger charge is 2.26. The average molecular weight is 334 g/mol. The first-order chi connectivity index (χ1) is 11.4. The van der Waals surface area contributed by atoms with Gasteiger partial charge >= 0.3 is 6.09 Å². The molecule has 0 unspecified atom stereocenters. The van der Waals surface area contributed by atoms with Crippen molar-refractivity contribution in [1.82, 2.24) is 9.88 Å². The molecule has 0 aromatic carbocycles. The number of carbonyl (C=O) groups is 1. The predicted octanol–water partition coefficient (Wildman–Crippen LogP) is 3.68. The molecule has 1 fully saturated rings. The molecule has 0 saturated carbocycles. The molecule has 1 aromatic heterocycles. The van der Waals surface area contributed by atoms with E-state index in [1.165, 1.54) is 5.56 Å². The maximum atomic E-state index is 12.0. The van der Waals surface area contributed by atoms with Crippen molar-refractivity contribution in [3.63, 3.8) is 0 Å². The van der Waals surface area contributed by atoms with E-state index in [0.717, 1.165) is 52.0 Å². The van der Waals surface area contributed by atoms with Crippen molar-refractivity contribution in [2.75, 3.05) is 26.3 Å². The number of rotatable bonds is 6. The van der Waals surface area contributed by atoms with Gasteiger partial charge in [-0.3, -0.25) is 4.98 Å². The summed E-state index contributed by atoms with van der Waals surface area (Å²) in [6, 6.07) is 4.10. The van der Waals surface area contributed by atoms with E-state index in [-0.39, 0.29) is 6.09 Å². The fourth-order valence-electron chi connectivity index (χ4n) is 2.79. The predicted molar refractivity (Wildman–Crippen MR) is 93.9 cm³/mol. The van der Waals surface area contributed by atoms with Crippen LogP contribution in [0, 0.1) is 5.92 Å². The Hall–Kier alpha value is -1.62. The highest BCUT2D eigenvalue weighted by molar-refractivity contribution is 5.68. The number of aromatic nitrogens is 1. The van der Waals surface area contributed by atoms with E-state index in [2.05, 4.69) is 4.98 Å². The molecular formula is C19H30N2O3. The minimum absolute atomic E-state index is 0.195. The van der Waals surface area contributed by atoms with Gasteiger partial charge in [-0.05, 0) is 70.1 Å². The van der Waals surface area contributed by atoms with Gasteiger partial charge in [-0.2, -0.15) is 0 Å². The second kappa shape index (κ2) is 9.02. The monoisotopic (exact) mass is 334 g/mol. The number of amides is 1. The lowest BCUT2D eigenvalue weighted by Gasteiger charge is -2.33. The average Bonchev–Trinajstić information content (AvgIpc) is 2.54. The summed E-state index contributed by atoms with van der Waals surface area (Å²) in [6.07, 6.45) is 7.50. The van der Waals surface area contributed by atoms with Gasteiger partial charge in [0.2, 0.25) is 0 Å². The third-order valence-corrected chi connectivity index (χ3v) is 4.12. The van der Waals surface area contributed by atoms with Crippen molar-refractivity contribution < 1.29 is 14.3 Å². The molecule has 1 aromatic rings. The second-order valence-corrected chi connectivity index (χ2v) is 7.44. The number of piperidine rings is 1. The van der Waals surface area contributed by atoms with Crippen molar-refractivity contribution in [1.29, 1.82) is 0 Å². The summed E-state index contributed by atoms with van der Waals surface area (Å²) >= 11 is 0. The van der Waals surface area contributed by atoms with Crippen molar-refractivity contribution in [2.24, 2.45) is 5.92 Å². The third-order valence-electron chi connectivity index (χ3n) is 4.12. The summed E-state index contributed by atoms with van der Waals surface area (Å²) in [5, 5.41) is 0. The molecule has 0 N–H and O–H groups in total. The van der Waals surface area contributed by atoms with E-state index in [9.17, 15) is 4.79 Å². The van der Waals surface area contributed by atoms with Gasteiger partial charge in [0.25, 0.3) is 0 Å². The van der Waals surface area contributed by atoms with Crippen LogP contribution in [0.2, 0.25) is 0 Å². The molecule has 134 valence electrons. The summed E-state index contributed by atoms with van der Waals surface area (Å²) in [6.45, 7) is 8.80. The van der Waals surface area contributed by atoms with Gasteiger partial charge in [-0.15, -0.1) is 0 Å². The zero-order valence-electron chi connectivity index (χ0n) is 15.2. The molecule has 1 saturated heterocycles. The number of pyridine rings is 1. The number of nitrogens with zero attached hydrogens (tertiary/aromatic N) is 2. The SMILES string of the molecule is CC(C)(C)OC(=O)N1CCC(COCCCc2ccncc2)CC1. The maximum Gasteiger partial charge on any atom is 0.410 e. The molecule has 1 aliphatic heterocycles. The van der Waals surface area contributed by atoms with Crippen molar-refractivity contribution >= 4 is 6.09 Å². The second-order valence-electron chi connectivity index (χ2n) is 7.44. The lowest BCUT2D eigenvalue weighted by molar-refractivity contribution is 0.0116. The topological polar surface area (TPSA) is 51.7 Å². The van der Waals surface area contributed by atoms with Gasteiger partial charge in [0, 0.05) is 38.7 Å². The molecule has 0 atom stereocenters. The largest absolute Gasteiger partial charge is 0.444 e. The Labute approximate surface area is 145 Å². The van der Waals surface area contributed by atoms with E-state index in [0.29, 0.717) is 5.92 Å². The van der Waals surface area contributed by atoms with Crippen LogP contribution in [0.4, 0.5) is 4.79 Å². The normalized spacial score (nSPS) is 16.2. The van der Waals surface area contributed by atoms with Crippen molar-refractivity contribution in [2.45, 2.75) is 52.1 Å². The van der Waals surface area contributed by atoms with Gasteiger partial charge in [-0.25, -0.2) is 4.79 Å². The minimum Gasteiger partial charge on any atom is -0.444 e. The van der Waals surface area contributed by atoms with Gasteiger partial charge in [0.1, 0.15) is 5.60 Å². The molecule has 1 amide bonds. The van der Waals surface area contributed by atoms with Crippen LogP contribution in [-0.4, -0.2) is 47.9 Å². The molecule has 0 radical (unpaired) electrons. The summed E-state index contributed by atoms with van der Waals surface area (Å²) in [7, 11) is 0. The summed E-state index contributed by atoms with van der Waals surface area (Å²) < 4.78 is 11.2. The van der Waals surface area contributed by atoms with Crippen LogP contribution in [0.3, 0.4) is 0 Å². The van der Waals surface area contributed by atoms with Gasteiger partial charge in [0.05, 0.1) is 0 Å². The summed E-state index contributed by atoms with van der Waals surface area (Å²) in [5.41, 5.74) is 0.880.